The maximum Gasteiger partial charge on any atom is 0.416 e. The SMILES string of the molecule is O=c1nc(N2CCC[C@@H]2CNS(=O)(=O)c2ccc(C(F)(F)F)cc2)nc(NCc2csc(-c3cccs3)n2)[nH]1. The second-order valence-corrected chi connectivity index (χ2v) is 12.2. The lowest BCUT2D eigenvalue weighted by Gasteiger charge is -2.25. The van der Waals surface area contributed by atoms with Crippen LogP contribution in [0.3, 0.4) is 0 Å². The summed E-state index contributed by atoms with van der Waals surface area (Å²) >= 11 is 3.11. The van der Waals surface area contributed by atoms with Crippen molar-refractivity contribution in [3.8, 4) is 9.88 Å². The topological polar surface area (TPSA) is 133 Å². The van der Waals surface area contributed by atoms with E-state index in [2.05, 4.69) is 30.0 Å². The van der Waals surface area contributed by atoms with Crippen LogP contribution in [0.2, 0.25) is 0 Å². The van der Waals surface area contributed by atoms with E-state index in [-0.39, 0.29) is 29.4 Å². The number of sulfonamides is 1. The Labute approximate surface area is 229 Å². The van der Waals surface area contributed by atoms with Gasteiger partial charge in [-0.05, 0) is 48.6 Å². The van der Waals surface area contributed by atoms with Crippen LogP contribution >= 0.6 is 22.7 Å². The standard InChI is InChI=1S/C23H22F3N7O3S3/c24-23(25,26)14-5-7-17(8-6-14)39(35,36)28-12-16-3-1-9-33(16)21-30-20(31-22(34)32-21)27-11-15-13-38-19(29-15)18-4-2-10-37-18/h2,4-8,10,13,16,28H,1,3,9,11-12H2,(H2,27,30,31,32,34)/t16-/m1/s1. The number of H-pyrrole nitrogens is 1. The Hall–Kier alpha value is -3.34. The summed E-state index contributed by atoms with van der Waals surface area (Å²) in [6.45, 7) is 0.795. The molecule has 1 saturated heterocycles. The van der Waals surface area contributed by atoms with Crippen molar-refractivity contribution in [2.24, 2.45) is 0 Å². The predicted molar refractivity (Wildman–Crippen MR) is 142 cm³/mol. The van der Waals surface area contributed by atoms with Gasteiger partial charge in [-0.1, -0.05) is 6.07 Å². The fourth-order valence-corrected chi connectivity index (χ4v) is 6.79. The van der Waals surface area contributed by atoms with E-state index in [1.54, 1.807) is 16.2 Å². The number of alkyl halides is 3. The lowest BCUT2D eigenvalue weighted by Crippen LogP contribution is -2.41. The molecule has 1 fully saturated rings. The largest absolute Gasteiger partial charge is 0.416 e. The minimum atomic E-state index is -4.56. The van der Waals surface area contributed by atoms with Gasteiger partial charge in [-0.3, -0.25) is 4.98 Å². The first-order valence-electron chi connectivity index (χ1n) is 11.7. The molecule has 1 aromatic carbocycles. The summed E-state index contributed by atoms with van der Waals surface area (Å²) in [5, 5.41) is 7.85. The number of halogens is 3. The minimum Gasteiger partial charge on any atom is -0.350 e. The molecule has 0 spiro atoms. The average molecular weight is 598 g/mol. The van der Waals surface area contributed by atoms with E-state index < -0.39 is 27.5 Å². The van der Waals surface area contributed by atoms with Crippen molar-refractivity contribution in [3.63, 3.8) is 0 Å². The summed E-state index contributed by atoms with van der Waals surface area (Å²) in [5.41, 5.74) is -0.769. The van der Waals surface area contributed by atoms with Gasteiger partial charge in [0.05, 0.1) is 27.6 Å². The molecule has 1 atom stereocenters. The minimum absolute atomic E-state index is 0.0351. The number of aromatic amines is 1. The van der Waals surface area contributed by atoms with Crippen LogP contribution in [0.15, 0.2) is 56.8 Å². The fourth-order valence-electron chi connectivity index (χ4n) is 4.08. The number of hydrogen-bond acceptors (Lipinski definition) is 10. The number of thiophene rings is 1. The number of rotatable bonds is 9. The molecule has 10 nitrogen and oxygen atoms in total. The van der Waals surface area contributed by atoms with Crippen LogP contribution in [0.4, 0.5) is 25.1 Å². The van der Waals surface area contributed by atoms with Gasteiger partial charge in [-0.25, -0.2) is 22.9 Å². The number of nitrogens with one attached hydrogen (secondary N) is 3. The van der Waals surface area contributed by atoms with Crippen LogP contribution in [-0.2, 0) is 22.7 Å². The summed E-state index contributed by atoms with van der Waals surface area (Å²) in [6, 6.07) is 6.88. The van der Waals surface area contributed by atoms with E-state index in [1.165, 1.54) is 11.3 Å². The molecular formula is C23H22F3N7O3S3. The van der Waals surface area contributed by atoms with Crippen LogP contribution in [0.1, 0.15) is 24.1 Å². The molecule has 5 rings (SSSR count). The molecule has 0 amide bonds. The molecule has 0 unspecified atom stereocenters. The lowest BCUT2D eigenvalue weighted by molar-refractivity contribution is -0.137. The number of nitrogens with zero attached hydrogens (tertiary/aromatic N) is 4. The lowest BCUT2D eigenvalue weighted by atomic mass is 10.2. The molecule has 0 radical (unpaired) electrons. The molecule has 3 aromatic heterocycles. The second kappa shape index (κ2) is 11.0. The Balaban J connectivity index is 1.24. The van der Waals surface area contributed by atoms with Crippen LogP contribution < -0.4 is 20.6 Å². The summed E-state index contributed by atoms with van der Waals surface area (Å²) in [6.07, 6.45) is -3.23. The summed E-state index contributed by atoms with van der Waals surface area (Å²) < 4.78 is 66.2. The Morgan fingerprint density at radius 1 is 1.10 bits per heavy atom. The first kappa shape index (κ1) is 27.2. The summed E-state index contributed by atoms with van der Waals surface area (Å²) in [5.74, 6) is 0.349. The first-order chi connectivity index (χ1) is 18.6. The molecule has 1 aliphatic heterocycles. The zero-order chi connectivity index (χ0) is 27.6. The highest BCUT2D eigenvalue weighted by molar-refractivity contribution is 7.89. The van der Waals surface area contributed by atoms with Gasteiger partial charge in [0.1, 0.15) is 5.01 Å². The third-order valence-electron chi connectivity index (χ3n) is 5.99. The Kier molecular flexibility index (Phi) is 7.70. The van der Waals surface area contributed by atoms with E-state index >= 15 is 0 Å². The maximum absolute atomic E-state index is 12.8. The van der Waals surface area contributed by atoms with Gasteiger partial charge in [-0.2, -0.15) is 23.1 Å². The quantitative estimate of drug-likeness (QED) is 0.265. The van der Waals surface area contributed by atoms with Crippen LogP contribution in [0, 0.1) is 0 Å². The van der Waals surface area contributed by atoms with Crippen LogP contribution in [-0.4, -0.2) is 47.5 Å². The highest BCUT2D eigenvalue weighted by atomic mass is 32.2. The summed E-state index contributed by atoms with van der Waals surface area (Å²) in [7, 11) is -4.06. The molecule has 4 aromatic rings. The molecule has 0 bridgehead atoms. The zero-order valence-corrected chi connectivity index (χ0v) is 22.6. The van der Waals surface area contributed by atoms with Crippen molar-refractivity contribution < 1.29 is 21.6 Å². The smallest absolute Gasteiger partial charge is 0.350 e. The van der Waals surface area contributed by atoms with E-state index in [4.69, 9.17) is 0 Å². The second-order valence-electron chi connectivity index (χ2n) is 8.64. The van der Waals surface area contributed by atoms with Crippen molar-refractivity contribution >= 4 is 44.6 Å². The molecule has 39 heavy (non-hydrogen) atoms. The molecule has 0 aliphatic carbocycles. The molecule has 0 saturated carbocycles. The zero-order valence-electron chi connectivity index (χ0n) is 20.1. The van der Waals surface area contributed by atoms with Gasteiger partial charge in [0.2, 0.25) is 21.9 Å². The van der Waals surface area contributed by atoms with Gasteiger partial charge in [0.15, 0.2) is 0 Å². The Bertz CT molecular complexity index is 1590. The van der Waals surface area contributed by atoms with Gasteiger partial charge in [0.25, 0.3) is 0 Å². The highest BCUT2D eigenvalue weighted by Gasteiger charge is 2.32. The molecule has 4 heterocycles. The molecule has 1 aliphatic rings. The Morgan fingerprint density at radius 3 is 2.62 bits per heavy atom. The number of hydrogen-bond donors (Lipinski definition) is 3. The van der Waals surface area contributed by atoms with Crippen molar-refractivity contribution in [2.75, 3.05) is 23.3 Å². The van der Waals surface area contributed by atoms with E-state index in [0.717, 1.165) is 46.3 Å². The predicted octanol–water partition coefficient (Wildman–Crippen LogP) is 3.93. The molecule has 206 valence electrons. The van der Waals surface area contributed by atoms with Gasteiger partial charge >= 0.3 is 11.9 Å². The van der Waals surface area contributed by atoms with Gasteiger partial charge < -0.3 is 10.2 Å². The van der Waals surface area contributed by atoms with Gasteiger partial charge in [0, 0.05) is 24.5 Å². The van der Waals surface area contributed by atoms with Crippen molar-refractivity contribution in [2.45, 2.75) is 36.5 Å². The number of thiazole rings is 1. The normalized spacial score (nSPS) is 16.1. The van der Waals surface area contributed by atoms with Gasteiger partial charge in [-0.15, -0.1) is 22.7 Å². The third-order valence-corrected chi connectivity index (χ3v) is 9.36. The summed E-state index contributed by atoms with van der Waals surface area (Å²) in [4.78, 5) is 30.3. The average Bonchev–Trinajstić information content (AvgIpc) is 3.67. The maximum atomic E-state index is 12.8. The number of aromatic nitrogens is 4. The van der Waals surface area contributed by atoms with Crippen molar-refractivity contribution in [3.05, 3.63) is 68.9 Å². The van der Waals surface area contributed by atoms with E-state index in [0.29, 0.717) is 19.5 Å². The molecular weight excluding hydrogens is 575 g/mol. The Morgan fingerprint density at radius 2 is 1.90 bits per heavy atom. The van der Waals surface area contributed by atoms with Crippen LogP contribution in [0.25, 0.3) is 9.88 Å². The monoisotopic (exact) mass is 597 g/mol. The molecule has 16 heteroatoms. The number of anilines is 2. The number of benzene rings is 1. The highest BCUT2D eigenvalue weighted by Crippen LogP contribution is 2.30. The van der Waals surface area contributed by atoms with E-state index in [1.807, 2.05) is 22.9 Å². The van der Waals surface area contributed by atoms with Crippen molar-refractivity contribution in [1.29, 1.82) is 0 Å². The fraction of sp³-hybridized carbons (Fsp3) is 0.304. The molecule has 3 N–H and O–H groups in total. The van der Waals surface area contributed by atoms with E-state index in [9.17, 15) is 26.4 Å². The first-order valence-corrected chi connectivity index (χ1v) is 15.0. The van der Waals surface area contributed by atoms with Crippen molar-refractivity contribution in [1.82, 2.24) is 24.7 Å². The van der Waals surface area contributed by atoms with Crippen LogP contribution in [0.5, 0.6) is 0 Å². The third kappa shape index (κ3) is 6.46.